The van der Waals surface area contributed by atoms with Crippen molar-refractivity contribution in [3.8, 4) is 0 Å². The van der Waals surface area contributed by atoms with Gasteiger partial charge in [-0.1, -0.05) is 0 Å². The minimum absolute atomic E-state index is 0.0364. The fraction of sp³-hybridized carbons (Fsp3) is 0.462. The Morgan fingerprint density at radius 3 is 2.60 bits per heavy atom. The molecule has 1 rings (SSSR count). The Morgan fingerprint density at radius 1 is 1.30 bits per heavy atom. The molecule has 0 fully saturated rings. The van der Waals surface area contributed by atoms with Crippen LogP contribution in [-0.2, 0) is 9.59 Å². The lowest BCUT2D eigenvalue weighted by Crippen LogP contribution is -2.40. The second kappa shape index (κ2) is 8.31. The maximum Gasteiger partial charge on any atom is 0.321 e. The van der Waals surface area contributed by atoms with E-state index in [-0.39, 0.29) is 18.9 Å². The first-order chi connectivity index (χ1) is 9.49. The van der Waals surface area contributed by atoms with Crippen molar-refractivity contribution in [2.75, 3.05) is 0 Å². The van der Waals surface area contributed by atoms with Gasteiger partial charge in [-0.25, -0.2) is 4.79 Å². The molecular formula is C13H18N2O4S. The summed E-state index contributed by atoms with van der Waals surface area (Å²) in [6.45, 7) is 1.83. The maximum atomic E-state index is 11.6. The predicted octanol–water partition coefficient (Wildman–Crippen LogP) is 2.28. The molecular weight excluding hydrogens is 280 g/mol. The summed E-state index contributed by atoms with van der Waals surface area (Å²) in [4.78, 5) is 33.3. The van der Waals surface area contributed by atoms with Gasteiger partial charge in [0.1, 0.15) is 0 Å². The van der Waals surface area contributed by atoms with Crippen LogP contribution in [-0.4, -0.2) is 23.0 Å². The van der Waals surface area contributed by atoms with Crippen LogP contribution in [0, 0.1) is 0 Å². The van der Waals surface area contributed by atoms with Crippen molar-refractivity contribution in [2.45, 2.75) is 38.6 Å². The van der Waals surface area contributed by atoms with E-state index < -0.39 is 17.9 Å². The fourth-order valence-electron chi connectivity index (χ4n) is 1.59. The van der Waals surface area contributed by atoms with E-state index in [4.69, 9.17) is 5.11 Å². The average Bonchev–Trinajstić information content (AvgIpc) is 2.88. The van der Waals surface area contributed by atoms with Gasteiger partial charge in [0.25, 0.3) is 0 Å². The Bertz CT molecular complexity index is 459. The largest absolute Gasteiger partial charge is 0.481 e. The highest BCUT2D eigenvalue weighted by Gasteiger charge is 2.12. The van der Waals surface area contributed by atoms with Gasteiger partial charge in [-0.05, 0) is 42.2 Å². The lowest BCUT2D eigenvalue weighted by molar-refractivity contribution is -0.137. The first-order valence-corrected chi connectivity index (χ1v) is 7.27. The van der Waals surface area contributed by atoms with Gasteiger partial charge in [0.2, 0.25) is 5.91 Å². The van der Waals surface area contributed by atoms with Gasteiger partial charge in [-0.2, -0.15) is 11.3 Å². The number of carbonyl (C=O) groups excluding carboxylic acids is 2. The van der Waals surface area contributed by atoms with Crippen LogP contribution < -0.4 is 10.6 Å². The zero-order valence-corrected chi connectivity index (χ0v) is 12.0. The molecule has 0 saturated heterocycles. The van der Waals surface area contributed by atoms with Crippen molar-refractivity contribution in [1.82, 2.24) is 10.6 Å². The molecule has 110 valence electrons. The van der Waals surface area contributed by atoms with Crippen molar-refractivity contribution < 1.29 is 19.5 Å². The predicted molar refractivity (Wildman–Crippen MR) is 75.5 cm³/mol. The van der Waals surface area contributed by atoms with Crippen LogP contribution in [0.15, 0.2) is 16.8 Å². The number of carbonyl (C=O) groups is 3. The molecule has 0 aliphatic heterocycles. The summed E-state index contributed by atoms with van der Waals surface area (Å²) in [6.07, 6.45) is 1.06. The highest BCUT2D eigenvalue weighted by Crippen LogP contribution is 2.15. The maximum absolute atomic E-state index is 11.6. The molecule has 0 saturated carbocycles. The number of hydrogen-bond acceptors (Lipinski definition) is 4. The summed E-state index contributed by atoms with van der Waals surface area (Å²) in [7, 11) is 0. The summed E-state index contributed by atoms with van der Waals surface area (Å²) >= 11 is 1.54. The van der Waals surface area contributed by atoms with Gasteiger partial charge < -0.3 is 10.4 Å². The number of unbranched alkanes of at least 4 members (excludes halogenated alkanes) is 1. The van der Waals surface area contributed by atoms with E-state index >= 15 is 0 Å². The molecule has 1 aromatic rings. The third-order valence-corrected chi connectivity index (χ3v) is 3.39. The lowest BCUT2D eigenvalue weighted by atomic mass is 10.2. The number of carboxylic acid groups (broad SMARTS) is 1. The second-order valence-corrected chi connectivity index (χ2v) is 5.18. The van der Waals surface area contributed by atoms with E-state index in [0.717, 1.165) is 5.56 Å². The monoisotopic (exact) mass is 298 g/mol. The van der Waals surface area contributed by atoms with E-state index in [9.17, 15) is 14.4 Å². The minimum atomic E-state index is -0.882. The van der Waals surface area contributed by atoms with Gasteiger partial charge in [-0.15, -0.1) is 0 Å². The smallest absolute Gasteiger partial charge is 0.321 e. The summed E-state index contributed by atoms with van der Waals surface area (Å²) in [5.41, 5.74) is 0.985. The Hall–Kier alpha value is -1.89. The summed E-state index contributed by atoms with van der Waals surface area (Å²) < 4.78 is 0. The Labute approximate surface area is 121 Å². The fourth-order valence-corrected chi connectivity index (χ4v) is 2.34. The number of nitrogens with one attached hydrogen (secondary N) is 2. The SMILES string of the molecule is CC(NC(=O)NC(=O)CCCCC(=O)O)c1ccsc1. The third kappa shape index (κ3) is 6.33. The van der Waals surface area contributed by atoms with Crippen LogP contribution in [0.1, 0.15) is 44.2 Å². The third-order valence-electron chi connectivity index (χ3n) is 2.69. The molecule has 7 heteroatoms. The molecule has 1 atom stereocenters. The second-order valence-electron chi connectivity index (χ2n) is 4.40. The number of thiophene rings is 1. The Kier molecular flexibility index (Phi) is 6.72. The molecule has 0 aromatic carbocycles. The number of aliphatic carboxylic acids is 1. The van der Waals surface area contributed by atoms with Crippen molar-refractivity contribution in [3.05, 3.63) is 22.4 Å². The molecule has 0 aliphatic rings. The number of hydrogen-bond donors (Lipinski definition) is 3. The molecule has 0 radical (unpaired) electrons. The standard InChI is InChI=1S/C13H18N2O4S/c1-9(10-6-7-20-8-10)14-13(19)15-11(16)4-2-3-5-12(17)18/h6-9H,2-5H2,1H3,(H,17,18)(H2,14,15,16,19). The normalized spacial score (nSPS) is 11.7. The Balaban J connectivity index is 2.21. The number of rotatable bonds is 7. The van der Waals surface area contributed by atoms with E-state index in [1.807, 2.05) is 23.8 Å². The molecule has 1 heterocycles. The van der Waals surface area contributed by atoms with Gasteiger partial charge in [0.15, 0.2) is 0 Å². The van der Waals surface area contributed by atoms with Crippen molar-refractivity contribution >= 4 is 29.2 Å². The first-order valence-electron chi connectivity index (χ1n) is 6.33. The summed E-state index contributed by atoms with van der Waals surface area (Å²) in [5.74, 6) is -1.28. The van der Waals surface area contributed by atoms with Crippen molar-refractivity contribution in [3.63, 3.8) is 0 Å². The molecule has 1 unspecified atom stereocenters. The minimum Gasteiger partial charge on any atom is -0.481 e. The molecule has 6 nitrogen and oxygen atoms in total. The van der Waals surface area contributed by atoms with Gasteiger partial charge in [0.05, 0.1) is 6.04 Å². The van der Waals surface area contributed by atoms with Crippen LogP contribution in [0.4, 0.5) is 4.79 Å². The van der Waals surface area contributed by atoms with Crippen LogP contribution >= 0.6 is 11.3 Å². The van der Waals surface area contributed by atoms with Crippen LogP contribution in [0.2, 0.25) is 0 Å². The molecule has 3 amide bonds. The van der Waals surface area contributed by atoms with E-state index in [1.165, 1.54) is 11.3 Å². The quantitative estimate of drug-likeness (QED) is 0.673. The summed E-state index contributed by atoms with van der Waals surface area (Å²) in [5, 5.41) is 17.2. The van der Waals surface area contributed by atoms with E-state index in [0.29, 0.717) is 12.8 Å². The number of carboxylic acids is 1. The Morgan fingerprint density at radius 2 is 2.00 bits per heavy atom. The number of imide groups is 1. The number of urea groups is 1. The molecule has 3 N–H and O–H groups in total. The molecule has 0 aliphatic carbocycles. The van der Waals surface area contributed by atoms with Crippen molar-refractivity contribution in [2.24, 2.45) is 0 Å². The summed E-state index contributed by atoms with van der Waals surface area (Å²) in [6, 6.07) is 1.21. The van der Waals surface area contributed by atoms with Crippen LogP contribution in [0.25, 0.3) is 0 Å². The van der Waals surface area contributed by atoms with Gasteiger partial charge >= 0.3 is 12.0 Å². The molecule has 20 heavy (non-hydrogen) atoms. The zero-order chi connectivity index (χ0) is 15.0. The van der Waals surface area contributed by atoms with E-state index in [2.05, 4.69) is 10.6 Å². The van der Waals surface area contributed by atoms with Gasteiger partial charge in [-0.3, -0.25) is 14.9 Å². The first kappa shape index (κ1) is 16.2. The molecule has 0 bridgehead atoms. The van der Waals surface area contributed by atoms with Crippen LogP contribution in [0.3, 0.4) is 0 Å². The molecule has 0 spiro atoms. The van der Waals surface area contributed by atoms with Gasteiger partial charge in [0, 0.05) is 12.8 Å². The van der Waals surface area contributed by atoms with Crippen molar-refractivity contribution in [1.29, 1.82) is 0 Å². The lowest BCUT2D eigenvalue weighted by Gasteiger charge is -2.12. The molecule has 1 aromatic heterocycles. The van der Waals surface area contributed by atoms with E-state index in [1.54, 1.807) is 0 Å². The number of amides is 3. The van der Waals surface area contributed by atoms with Crippen LogP contribution in [0.5, 0.6) is 0 Å². The highest BCUT2D eigenvalue weighted by molar-refractivity contribution is 7.07. The zero-order valence-electron chi connectivity index (χ0n) is 11.2. The highest BCUT2D eigenvalue weighted by atomic mass is 32.1. The topological polar surface area (TPSA) is 95.5 Å². The average molecular weight is 298 g/mol.